The van der Waals surface area contributed by atoms with Crippen molar-refractivity contribution in [2.75, 3.05) is 39.8 Å². The van der Waals surface area contributed by atoms with Crippen molar-refractivity contribution in [1.82, 2.24) is 20.1 Å². The number of rotatable bonds is 5. The molecule has 0 radical (unpaired) electrons. The van der Waals surface area contributed by atoms with Crippen LogP contribution < -0.4 is 5.32 Å². The summed E-state index contributed by atoms with van der Waals surface area (Å²) in [6, 6.07) is 4.36. The van der Waals surface area contributed by atoms with E-state index in [-0.39, 0.29) is 5.41 Å². The van der Waals surface area contributed by atoms with Crippen LogP contribution in [0.5, 0.6) is 0 Å². The minimum absolute atomic E-state index is 0.126. The van der Waals surface area contributed by atoms with E-state index in [1.54, 1.807) is 11.3 Å². The SMILES string of the molecule is CN=C(NCCc1nc(C(C)(C)C)cs1)N1CCN(Cc2cccs2)CC1. The summed E-state index contributed by atoms with van der Waals surface area (Å²) in [4.78, 5) is 15.6. The van der Waals surface area contributed by atoms with E-state index in [0.717, 1.165) is 51.6 Å². The molecule has 1 fully saturated rings. The van der Waals surface area contributed by atoms with Crippen molar-refractivity contribution >= 4 is 28.6 Å². The Morgan fingerprint density at radius 2 is 2.00 bits per heavy atom. The van der Waals surface area contributed by atoms with Crippen molar-refractivity contribution in [1.29, 1.82) is 0 Å². The Morgan fingerprint density at radius 1 is 1.22 bits per heavy atom. The molecule has 1 aliphatic heterocycles. The topological polar surface area (TPSA) is 43.8 Å². The molecule has 7 heteroatoms. The molecule has 1 aliphatic rings. The highest BCUT2D eigenvalue weighted by Gasteiger charge is 2.20. The third kappa shape index (κ3) is 5.77. The summed E-state index contributed by atoms with van der Waals surface area (Å²) in [5.74, 6) is 1.01. The number of nitrogens with one attached hydrogen (secondary N) is 1. The summed E-state index contributed by atoms with van der Waals surface area (Å²) >= 11 is 3.61. The number of hydrogen-bond acceptors (Lipinski definition) is 5. The molecule has 0 aromatic carbocycles. The molecule has 2 aromatic rings. The van der Waals surface area contributed by atoms with Gasteiger partial charge in [0.2, 0.25) is 0 Å². The number of guanidine groups is 1. The Hall–Kier alpha value is -1.44. The predicted octanol–water partition coefficient (Wildman–Crippen LogP) is 3.44. The molecule has 0 unspecified atom stereocenters. The van der Waals surface area contributed by atoms with E-state index in [9.17, 15) is 0 Å². The van der Waals surface area contributed by atoms with Gasteiger partial charge in [0, 0.05) is 68.4 Å². The van der Waals surface area contributed by atoms with E-state index in [1.807, 2.05) is 18.4 Å². The minimum Gasteiger partial charge on any atom is -0.356 e. The molecule has 0 bridgehead atoms. The van der Waals surface area contributed by atoms with Gasteiger partial charge in [0.1, 0.15) is 0 Å². The van der Waals surface area contributed by atoms with Crippen LogP contribution in [-0.4, -0.2) is 60.5 Å². The second kappa shape index (κ2) is 9.17. The van der Waals surface area contributed by atoms with E-state index in [2.05, 4.69) is 63.8 Å². The average Bonchev–Trinajstić information content (AvgIpc) is 3.31. The first-order valence-corrected chi connectivity index (χ1v) is 11.4. The van der Waals surface area contributed by atoms with Crippen molar-refractivity contribution in [3.05, 3.63) is 38.5 Å². The lowest BCUT2D eigenvalue weighted by atomic mass is 9.93. The monoisotopic (exact) mass is 405 g/mol. The second-order valence-electron chi connectivity index (χ2n) is 7.94. The zero-order valence-corrected chi connectivity index (χ0v) is 18.5. The molecule has 5 nitrogen and oxygen atoms in total. The number of nitrogens with zero attached hydrogens (tertiary/aromatic N) is 4. The zero-order chi connectivity index (χ0) is 19.3. The van der Waals surface area contributed by atoms with Gasteiger partial charge < -0.3 is 10.2 Å². The summed E-state index contributed by atoms with van der Waals surface area (Å²) < 4.78 is 0. The summed E-state index contributed by atoms with van der Waals surface area (Å²) in [6.45, 7) is 12.8. The van der Waals surface area contributed by atoms with Gasteiger partial charge in [0.05, 0.1) is 10.7 Å². The number of thiazole rings is 1. The molecule has 0 aliphatic carbocycles. The number of piperazine rings is 1. The van der Waals surface area contributed by atoms with Gasteiger partial charge in [-0.3, -0.25) is 9.89 Å². The fourth-order valence-electron chi connectivity index (χ4n) is 3.12. The molecule has 1 N–H and O–H groups in total. The quantitative estimate of drug-likeness (QED) is 0.611. The largest absolute Gasteiger partial charge is 0.356 e. The van der Waals surface area contributed by atoms with Gasteiger partial charge >= 0.3 is 0 Å². The van der Waals surface area contributed by atoms with Gasteiger partial charge in [-0.25, -0.2) is 4.98 Å². The van der Waals surface area contributed by atoms with Crippen LogP contribution in [0.3, 0.4) is 0 Å². The molecular weight excluding hydrogens is 374 g/mol. The smallest absolute Gasteiger partial charge is 0.193 e. The first-order chi connectivity index (χ1) is 13.0. The van der Waals surface area contributed by atoms with E-state index in [1.165, 1.54) is 15.6 Å². The molecule has 0 spiro atoms. The average molecular weight is 406 g/mol. The molecule has 0 saturated carbocycles. The lowest BCUT2D eigenvalue weighted by molar-refractivity contribution is 0.174. The van der Waals surface area contributed by atoms with Crippen LogP contribution in [0.15, 0.2) is 27.9 Å². The standard InChI is InChI=1S/C20H31N5S2/c1-20(2,3)17-15-27-18(23-17)7-8-22-19(21-4)25-11-9-24(10-12-25)14-16-6-5-13-26-16/h5-6,13,15H,7-12,14H2,1-4H3,(H,21,22). The molecule has 3 heterocycles. The van der Waals surface area contributed by atoms with Crippen molar-refractivity contribution in [2.45, 2.75) is 39.2 Å². The molecule has 3 rings (SSSR count). The number of aliphatic imine (C=N–C) groups is 1. The maximum atomic E-state index is 4.78. The highest BCUT2D eigenvalue weighted by atomic mass is 32.1. The lowest BCUT2D eigenvalue weighted by Crippen LogP contribution is -2.52. The highest BCUT2D eigenvalue weighted by molar-refractivity contribution is 7.10. The Bertz CT molecular complexity index is 722. The number of hydrogen-bond donors (Lipinski definition) is 1. The summed E-state index contributed by atoms with van der Waals surface area (Å²) in [6.07, 6.45) is 0.943. The third-order valence-corrected chi connectivity index (χ3v) is 6.56. The van der Waals surface area contributed by atoms with E-state index in [4.69, 9.17) is 4.98 Å². The summed E-state index contributed by atoms with van der Waals surface area (Å²) in [5.41, 5.74) is 1.31. The van der Waals surface area contributed by atoms with Crippen LogP contribution in [-0.2, 0) is 18.4 Å². The van der Waals surface area contributed by atoms with E-state index in [0.29, 0.717) is 0 Å². The predicted molar refractivity (Wildman–Crippen MR) is 117 cm³/mol. The third-order valence-electron chi connectivity index (χ3n) is 4.79. The fourth-order valence-corrected chi connectivity index (χ4v) is 4.90. The van der Waals surface area contributed by atoms with Crippen LogP contribution >= 0.6 is 22.7 Å². The van der Waals surface area contributed by atoms with Crippen molar-refractivity contribution in [3.8, 4) is 0 Å². The van der Waals surface area contributed by atoms with Crippen LogP contribution in [0.2, 0.25) is 0 Å². The summed E-state index contributed by atoms with van der Waals surface area (Å²) in [7, 11) is 1.88. The Morgan fingerprint density at radius 3 is 2.59 bits per heavy atom. The normalized spacial score (nSPS) is 16.7. The van der Waals surface area contributed by atoms with Gasteiger partial charge in [0.15, 0.2) is 5.96 Å². The van der Waals surface area contributed by atoms with Gasteiger partial charge in [-0.05, 0) is 11.4 Å². The fraction of sp³-hybridized carbons (Fsp3) is 0.600. The second-order valence-corrected chi connectivity index (χ2v) is 9.92. The lowest BCUT2D eigenvalue weighted by Gasteiger charge is -2.36. The molecule has 27 heavy (non-hydrogen) atoms. The van der Waals surface area contributed by atoms with Crippen molar-refractivity contribution in [2.24, 2.45) is 4.99 Å². The molecular formula is C20H31N5S2. The Labute approximate surface area is 171 Å². The van der Waals surface area contributed by atoms with Crippen molar-refractivity contribution < 1.29 is 0 Å². The number of aromatic nitrogens is 1. The molecule has 0 atom stereocenters. The van der Waals surface area contributed by atoms with E-state index >= 15 is 0 Å². The Balaban J connectivity index is 1.42. The van der Waals surface area contributed by atoms with E-state index < -0.39 is 0 Å². The maximum Gasteiger partial charge on any atom is 0.193 e. The zero-order valence-electron chi connectivity index (χ0n) is 16.9. The molecule has 1 saturated heterocycles. The van der Waals surface area contributed by atoms with Crippen molar-refractivity contribution in [3.63, 3.8) is 0 Å². The summed E-state index contributed by atoms with van der Waals surface area (Å²) in [5, 5.41) is 9.07. The first-order valence-electron chi connectivity index (χ1n) is 9.61. The van der Waals surface area contributed by atoms with Crippen LogP contribution in [0, 0.1) is 0 Å². The molecule has 148 valence electrons. The van der Waals surface area contributed by atoms with Gasteiger partial charge in [-0.1, -0.05) is 26.8 Å². The minimum atomic E-state index is 0.126. The van der Waals surface area contributed by atoms with Gasteiger partial charge in [-0.15, -0.1) is 22.7 Å². The Kier molecular flexibility index (Phi) is 6.89. The van der Waals surface area contributed by atoms with Crippen LogP contribution in [0.4, 0.5) is 0 Å². The molecule has 2 aromatic heterocycles. The molecule has 0 amide bonds. The first kappa shape index (κ1) is 20.3. The maximum absolute atomic E-state index is 4.78. The number of thiophene rings is 1. The van der Waals surface area contributed by atoms with Gasteiger partial charge in [0.25, 0.3) is 0 Å². The van der Waals surface area contributed by atoms with Gasteiger partial charge in [-0.2, -0.15) is 0 Å². The van der Waals surface area contributed by atoms with Crippen LogP contribution in [0.25, 0.3) is 0 Å². The highest BCUT2D eigenvalue weighted by Crippen LogP contribution is 2.23. The van der Waals surface area contributed by atoms with Crippen LogP contribution in [0.1, 0.15) is 36.3 Å².